The lowest BCUT2D eigenvalue weighted by atomic mass is 10.1. The van der Waals surface area contributed by atoms with Crippen LogP contribution in [0.1, 0.15) is 19.3 Å². The number of amides is 1. The van der Waals surface area contributed by atoms with E-state index >= 15 is 0 Å². The number of hydrogen-bond donors (Lipinski definition) is 1. The monoisotopic (exact) mass is 335 g/mol. The summed E-state index contributed by atoms with van der Waals surface area (Å²) in [5.74, 6) is -3.63. The van der Waals surface area contributed by atoms with Gasteiger partial charge in [-0.2, -0.15) is 0 Å². The van der Waals surface area contributed by atoms with Crippen molar-refractivity contribution >= 4 is 17.3 Å². The molecule has 24 heavy (non-hydrogen) atoms. The van der Waals surface area contributed by atoms with Crippen molar-refractivity contribution in [3.8, 4) is 0 Å². The summed E-state index contributed by atoms with van der Waals surface area (Å²) in [6.45, 7) is 3.28. The van der Waals surface area contributed by atoms with Gasteiger partial charge in [-0.25, -0.2) is 8.78 Å². The number of likely N-dealkylation sites (tertiary alicyclic amines) is 1. The van der Waals surface area contributed by atoms with Crippen molar-refractivity contribution in [3.05, 3.63) is 24.3 Å². The van der Waals surface area contributed by atoms with Crippen molar-refractivity contribution < 1.29 is 13.6 Å². The van der Waals surface area contributed by atoms with Crippen LogP contribution < -0.4 is 10.2 Å². The van der Waals surface area contributed by atoms with Crippen molar-refractivity contribution in [2.45, 2.75) is 25.2 Å². The van der Waals surface area contributed by atoms with E-state index in [2.05, 4.69) is 10.2 Å². The van der Waals surface area contributed by atoms with E-state index in [1.165, 1.54) is 18.5 Å². The van der Waals surface area contributed by atoms with Crippen LogP contribution in [-0.2, 0) is 4.79 Å². The van der Waals surface area contributed by atoms with Gasteiger partial charge in [-0.3, -0.25) is 9.69 Å². The first-order chi connectivity index (χ1) is 11.5. The molecular weight excluding hydrogens is 312 g/mol. The Morgan fingerprint density at radius 3 is 2.50 bits per heavy atom. The number of benzene rings is 1. The Labute approximate surface area is 140 Å². The van der Waals surface area contributed by atoms with E-state index in [1.54, 1.807) is 0 Å². The second-order valence-electron chi connectivity index (χ2n) is 7.20. The largest absolute Gasteiger partial charge is 0.372 e. The van der Waals surface area contributed by atoms with Gasteiger partial charge in [0.05, 0.1) is 6.54 Å². The highest BCUT2D eigenvalue weighted by Crippen LogP contribution is 2.58. The molecule has 4 nitrogen and oxygen atoms in total. The molecule has 1 aliphatic carbocycles. The number of rotatable bonds is 4. The van der Waals surface area contributed by atoms with Gasteiger partial charge in [0.1, 0.15) is 0 Å². The van der Waals surface area contributed by atoms with Crippen LogP contribution in [0.15, 0.2) is 24.3 Å². The highest BCUT2D eigenvalue weighted by Gasteiger charge is 2.68. The molecule has 1 aromatic carbocycles. The molecule has 1 saturated carbocycles. The Hall–Kier alpha value is -1.69. The summed E-state index contributed by atoms with van der Waals surface area (Å²) in [6.07, 6.45) is 2.96. The lowest BCUT2D eigenvalue weighted by Crippen LogP contribution is -2.38. The van der Waals surface area contributed by atoms with Gasteiger partial charge >= 0.3 is 0 Å². The van der Waals surface area contributed by atoms with Gasteiger partial charge in [0.2, 0.25) is 5.91 Å². The fourth-order valence-corrected chi connectivity index (χ4v) is 4.07. The minimum atomic E-state index is -2.50. The first-order valence-corrected chi connectivity index (χ1v) is 8.79. The maximum Gasteiger partial charge on any atom is 0.255 e. The van der Waals surface area contributed by atoms with Crippen LogP contribution in [0.25, 0.3) is 0 Å². The molecule has 3 fully saturated rings. The summed E-state index contributed by atoms with van der Waals surface area (Å²) in [5, 5.41) is 2.87. The predicted molar refractivity (Wildman–Crippen MR) is 89.5 cm³/mol. The smallest absolute Gasteiger partial charge is 0.255 e. The average Bonchev–Trinajstić information content (AvgIpc) is 2.95. The number of nitrogens with one attached hydrogen (secondary N) is 1. The maximum atomic E-state index is 13.4. The van der Waals surface area contributed by atoms with Gasteiger partial charge in [-0.15, -0.1) is 0 Å². The number of alkyl halides is 2. The molecule has 2 saturated heterocycles. The topological polar surface area (TPSA) is 35.6 Å². The quantitative estimate of drug-likeness (QED) is 0.919. The predicted octanol–water partition coefficient (Wildman–Crippen LogP) is 2.81. The molecule has 0 spiro atoms. The molecule has 2 atom stereocenters. The molecule has 2 aliphatic heterocycles. The summed E-state index contributed by atoms with van der Waals surface area (Å²) < 4.78 is 26.8. The first kappa shape index (κ1) is 15.8. The van der Waals surface area contributed by atoms with Gasteiger partial charge in [0.15, 0.2) is 0 Å². The summed E-state index contributed by atoms with van der Waals surface area (Å²) in [4.78, 5) is 16.3. The molecule has 130 valence electrons. The normalized spacial score (nSPS) is 28.5. The van der Waals surface area contributed by atoms with Gasteiger partial charge < -0.3 is 10.2 Å². The zero-order valence-corrected chi connectivity index (χ0v) is 13.7. The zero-order chi connectivity index (χ0) is 16.7. The SMILES string of the molecule is O=C(CN1CCC2C(C1)C2(F)F)Nc1ccc(N2CCCC2)cc1. The van der Waals surface area contributed by atoms with Gasteiger partial charge in [0, 0.05) is 42.8 Å². The zero-order valence-electron chi connectivity index (χ0n) is 13.7. The van der Waals surface area contributed by atoms with Crippen LogP contribution in [0.4, 0.5) is 20.2 Å². The summed E-state index contributed by atoms with van der Waals surface area (Å²) in [6, 6.07) is 7.87. The lowest BCUT2D eigenvalue weighted by molar-refractivity contribution is -0.117. The Kier molecular flexibility index (Phi) is 3.95. The van der Waals surface area contributed by atoms with E-state index < -0.39 is 17.8 Å². The Morgan fingerprint density at radius 2 is 1.83 bits per heavy atom. The number of piperidine rings is 1. The molecule has 1 N–H and O–H groups in total. The number of anilines is 2. The number of carbonyl (C=O) groups is 1. The molecule has 0 radical (unpaired) electrons. The number of carbonyl (C=O) groups excluding carboxylic acids is 1. The van der Waals surface area contributed by atoms with Crippen molar-refractivity contribution in [1.82, 2.24) is 4.90 Å². The molecular formula is C18H23F2N3O. The van der Waals surface area contributed by atoms with E-state index in [1.807, 2.05) is 29.2 Å². The van der Waals surface area contributed by atoms with Crippen LogP contribution in [0, 0.1) is 11.8 Å². The third kappa shape index (κ3) is 2.99. The molecule has 6 heteroatoms. The van der Waals surface area contributed by atoms with Crippen molar-refractivity contribution in [1.29, 1.82) is 0 Å². The molecule has 1 aromatic rings. The standard InChI is InChI=1S/C18H23F2N3O/c19-18(20)15-7-10-22(11-16(15)18)12-17(24)21-13-3-5-14(6-4-13)23-8-1-2-9-23/h3-6,15-16H,1-2,7-12H2,(H,21,24). The minimum Gasteiger partial charge on any atom is -0.372 e. The van der Waals surface area contributed by atoms with Crippen molar-refractivity contribution in [2.75, 3.05) is 42.9 Å². The lowest BCUT2D eigenvalue weighted by Gasteiger charge is -2.24. The minimum absolute atomic E-state index is 0.133. The second kappa shape index (κ2) is 5.99. The molecule has 1 amide bonds. The van der Waals surface area contributed by atoms with Crippen molar-refractivity contribution in [3.63, 3.8) is 0 Å². The molecule has 2 unspecified atom stereocenters. The third-order valence-electron chi connectivity index (χ3n) is 5.57. The highest BCUT2D eigenvalue weighted by molar-refractivity contribution is 5.92. The molecule has 3 aliphatic rings. The van der Waals surface area contributed by atoms with Crippen LogP contribution in [-0.4, -0.2) is 49.5 Å². The Balaban J connectivity index is 1.28. The van der Waals surface area contributed by atoms with Crippen LogP contribution in [0.3, 0.4) is 0 Å². The fourth-order valence-electron chi connectivity index (χ4n) is 4.07. The number of nitrogens with zero attached hydrogens (tertiary/aromatic N) is 2. The van der Waals surface area contributed by atoms with Crippen molar-refractivity contribution in [2.24, 2.45) is 11.8 Å². The van der Waals surface area contributed by atoms with Crippen LogP contribution in [0.2, 0.25) is 0 Å². The Bertz CT molecular complexity index is 613. The number of halogens is 2. The highest BCUT2D eigenvalue weighted by atomic mass is 19.3. The summed E-state index contributed by atoms with van der Waals surface area (Å²) in [5.41, 5.74) is 1.94. The van der Waals surface area contributed by atoms with Crippen LogP contribution >= 0.6 is 0 Å². The van der Waals surface area contributed by atoms with Gasteiger partial charge in [-0.05, 0) is 50.1 Å². The van der Waals surface area contributed by atoms with E-state index in [-0.39, 0.29) is 12.5 Å². The van der Waals surface area contributed by atoms with E-state index in [0.29, 0.717) is 19.5 Å². The second-order valence-corrected chi connectivity index (χ2v) is 7.20. The van der Waals surface area contributed by atoms with E-state index in [9.17, 15) is 13.6 Å². The molecule has 0 aromatic heterocycles. The molecule has 4 rings (SSSR count). The number of fused-ring (bicyclic) bond motifs is 1. The summed E-state index contributed by atoms with van der Waals surface area (Å²) in [7, 11) is 0. The first-order valence-electron chi connectivity index (χ1n) is 8.79. The molecule has 0 bridgehead atoms. The third-order valence-corrected chi connectivity index (χ3v) is 5.57. The number of hydrogen-bond acceptors (Lipinski definition) is 3. The Morgan fingerprint density at radius 1 is 1.12 bits per heavy atom. The van der Waals surface area contributed by atoms with E-state index in [0.717, 1.165) is 18.8 Å². The summed E-state index contributed by atoms with van der Waals surface area (Å²) >= 11 is 0. The van der Waals surface area contributed by atoms with Crippen LogP contribution in [0.5, 0.6) is 0 Å². The van der Waals surface area contributed by atoms with E-state index in [4.69, 9.17) is 0 Å². The van der Waals surface area contributed by atoms with Gasteiger partial charge in [-0.1, -0.05) is 0 Å². The molecule has 2 heterocycles. The van der Waals surface area contributed by atoms with Gasteiger partial charge in [0.25, 0.3) is 5.92 Å². The average molecular weight is 335 g/mol. The maximum absolute atomic E-state index is 13.4. The fraction of sp³-hybridized carbons (Fsp3) is 0.611.